The molecule has 3 N–H and O–H groups in total. The van der Waals surface area contributed by atoms with E-state index in [-0.39, 0.29) is 12.4 Å². The van der Waals surface area contributed by atoms with Gasteiger partial charge in [0.05, 0.1) is 6.10 Å². The molecule has 0 aliphatic rings. The zero-order valence-electron chi connectivity index (χ0n) is 8.03. The van der Waals surface area contributed by atoms with E-state index < -0.39 is 6.10 Å². The summed E-state index contributed by atoms with van der Waals surface area (Å²) in [6, 6.07) is 4.62. The van der Waals surface area contributed by atoms with Crippen LogP contribution in [-0.2, 0) is 0 Å². The minimum absolute atomic E-state index is 0.230. The maximum Gasteiger partial charge on any atom is 0.123 e. The minimum atomic E-state index is -0.496. The molecule has 0 saturated heterocycles. The fourth-order valence-corrected chi connectivity index (χ4v) is 1.99. The molecule has 0 amide bonds. The van der Waals surface area contributed by atoms with E-state index in [1.165, 1.54) is 23.9 Å². The third-order valence-corrected chi connectivity index (χ3v) is 3.16. The minimum Gasteiger partial charge on any atom is -0.391 e. The molecule has 0 spiro atoms. The van der Waals surface area contributed by atoms with Crippen molar-refractivity contribution in [2.24, 2.45) is 5.73 Å². The third kappa shape index (κ3) is 3.29. The van der Waals surface area contributed by atoms with Crippen molar-refractivity contribution in [2.75, 3.05) is 12.3 Å². The highest BCUT2D eigenvalue weighted by atomic mass is 32.2. The number of hydrogen-bond donors (Lipinski definition) is 2. The second kappa shape index (κ2) is 5.34. The summed E-state index contributed by atoms with van der Waals surface area (Å²) in [6.45, 7) is 2.10. The number of nitrogens with two attached hydrogens (primary N) is 1. The molecule has 1 unspecified atom stereocenters. The van der Waals surface area contributed by atoms with E-state index in [1.807, 2.05) is 6.92 Å². The van der Waals surface area contributed by atoms with Crippen LogP contribution in [0.3, 0.4) is 0 Å². The Bertz CT molecular complexity index is 306. The lowest BCUT2D eigenvalue weighted by Gasteiger charge is -2.08. The zero-order chi connectivity index (χ0) is 10.6. The van der Waals surface area contributed by atoms with Crippen LogP contribution in [0.1, 0.15) is 5.56 Å². The molecule has 2 nitrogen and oxygen atoms in total. The number of hydrogen-bond acceptors (Lipinski definition) is 3. The third-order valence-electron chi connectivity index (χ3n) is 1.84. The predicted molar refractivity (Wildman–Crippen MR) is 56.9 cm³/mol. The first-order valence-corrected chi connectivity index (χ1v) is 5.39. The van der Waals surface area contributed by atoms with Crippen LogP contribution in [0.25, 0.3) is 0 Å². The van der Waals surface area contributed by atoms with Gasteiger partial charge in [0.1, 0.15) is 5.82 Å². The summed E-state index contributed by atoms with van der Waals surface area (Å²) in [5, 5.41) is 9.24. The van der Waals surface area contributed by atoms with Crippen molar-refractivity contribution in [3.05, 3.63) is 29.6 Å². The molecule has 78 valence electrons. The van der Waals surface area contributed by atoms with Crippen molar-refractivity contribution in [2.45, 2.75) is 17.9 Å². The van der Waals surface area contributed by atoms with Gasteiger partial charge >= 0.3 is 0 Å². The highest BCUT2D eigenvalue weighted by Crippen LogP contribution is 2.23. The Morgan fingerprint density at radius 2 is 2.29 bits per heavy atom. The maximum absolute atomic E-state index is 12.7. The van der Waals surface area contributed by atoms with E-state index >= 15 is 0 Å². The van der Waals surface area contributed by atoms with Gasteiger partial charge in [-0.25, -0.2) is 4.39 Å². The van der Waals surface area contributed by atoms with Crippen molar-refractivity contribution in [1.82, 2.24) is 0 Å². The van der Waals surface area contributed by atoms with Crippen molar-refractivity contribution in [1.29, 1.82) is 0 Å². The van der Waals surface area contributed by atoms with Crippen LogP contribution in [0.15, 0.2) is 23.1 Å². The van der Waals surface area contributed by atoms with Gasteiger partial charge in [-0.15, -0.1) is 11.8 Å². The summed E-state index contributed by atoms with van der Waals surface area (Å²) < 4.78 is 12.7. The number of benzene rings is 1. The van der Waals surface area contributed by atoms with Crippen LogP contribution in [0, 0.1) is 12.7 Å². The molecule has 1 aromatic rings. The lowest BCUT2D eigenvalue weighted by molar-refractivity contribution is 0.208. The first kappa shape index (κ1) is 11.5. The Balaban J connectivity index is 2.59. The van der Waals surface area contributed by atoms with Crippen molar-refractivity contribution < 1.29 is 9.50 Å². The molecule has 4 heteroatoms. The monoisotopic (exact) mass is 215 g/mol. The highest BCUT2D eigenvalue weighted by Gasteiger charge is 2.04. The predicted octanol–water partition coefficient (Wildman–Crippen LogP) is 1.55. The Kier molecular flexibility index (Phi) is 4.38. The summed E-state index contributed by atoms with van der Waals surface area (Å²) in [7, 11) is 0. The molecule has 1 aromatic carbocycles. The lowest BCUT2D eigenvalue weighted by Crippen LogP contribution is -2.21. The summed E-state index contributed by atoms with van der Waals surface area (Å²) >= 11 is 1.49. The number of thioether (sulfide) groups is 1. The van der Waals surface area contributed by atoms with Gasteiger partial charge in [0.25, 0.3) is 0 Å². The molecule has 1 rings (SSSR count). The van der Waals surface area contributed by atoms with E-state index in [0.29, 0.717) is 5.75 Å². The van der Waals surface area contributed by atoms with E-state index in [0.717, 1.165) is 10.5 Å². The molecule has 0 bridgehead atoms. The molecule has 0 aliphatic heterocycles. The van der Waals surface area contributed by atoms with Gasteiger partial charge in [-0.2, -0.15) is 0 Å². The van der Waals surface area contributed by atoms with Gasteiger partial charge in [0.15, 0.2) is 0 Å². The van der Waals surface area contributed by atoms with Gasteiger partial charge < -0.3 is 10.8 Å². The largest absolute Gasteiger partial charge is 0.391 e. The van der Waals surface area contributed by atoms with E-state index in [4.69, 9.17) is 5.73 Å². The first-order valence-electron chi connectivity index (χ1n) is 4.40. The smallest absolute Gasteiger partial charge is 0.123 e. The highest BCUT2D eigenvalue weighted by molar-refractivity contribution is 7.99. The van der Waals surface area contributed by atoms with E-state index in [1.54, 1.807) is 6.07 Å². The normalized spacial score (nSPS) is 12.9. The average Bonchev–Trinajstić information content (AvgIpc) is 2.16. The van der Waals surface area contributed by atoms with Crippen LogP contribution < -0.4 is 5.73 Å². The number of aliphatic hydroxyl groups excluding tert-OH is 1. The van der Waals surface area contributed by atoms with E-state index in [9.17, 15) is 9.50 Å². The number of rotatable bonds is 4. The standard InChI is InChI=1S/C10H14FNOS/c1-7-4-8(11)2-3-10(7)14-6-9(13)5-12/h2-4,9,13H,5-6,12H2,1H3. The van der Waals surface area contributed by atoms with Crippen LogP contribution in [0.2, 0.25) is 0 Å². The van der Waals surface area contributed by atoms with Gasteiger partial charge in [0.2, 0.25) is 0 Å². The van der Waals surface area contributed by atoms with Gasteiger partial charge in [-0.1, -0.05) is 0 Å². The molecule has 0 radical (unpaired) electrons. The summed E-state index contributed by atoms with van der Waals surface area (Å²) in [6.07, 6.45) is -0.496. The fraction of sp³-hybridized carbons (Fsp3) is 0.400. The molecule has 0 fully saturated rings. The molecular formula is C10H14FNOS. The van der Waals surface area contributed by atoms with Gasteiger partial charge in [-0.05, 0) is 30.7 Å². The number of aryl methyl sites for hydroxylation is 1. The molecule has 0 heterocycles. The molecule has 0 saturated carbocycles. The molecule has 14 heavy (non-hydrogen) atoms. The fourth-order valence-electron chi connectivity index (χ4n) is 1.03. The van der Waals surface area contributed by atoms with Crippen LogP contribution in [0.4, 0.5) is 4.39 Å². The summed E-state index contributed by atoms with van der Waals surface area (Å²) in [5.74, 6) is 0.314. The van der Waals surface area contributed by atoms with Crippen LogP contribution >= 0.6 is 11.8 Å². The number of halogens is 1. The molecular weight excluding hydrogens is 201 g/mol. The summed E-state index contributed by atoms with van der Waals surface area (Å²) in [5.41, 5.74) is 6.16. The Morgan fingerprint density at radius 1 is 1.57 bits per heavy atom. The number of aliphatic hydroxyl groups is 1. The molecule has 1 atom stereocenters. The van der Waals surface area contributed by atoms with Gasteiger partial charge in [0, 0.05) is 17.2 Å². The van der Waals surface area contributed by atoms with E-state index in [2.05, 4.69) is 0 Å². The Hall–Kier alpha value is -0.580. The van der Waals surface area contributed by atoms with Crippen LogP contribution in [0.5, 0.6) is 0 Å². The maximum atomic E-state index is 12.7. The van der Waals surface area contributed by atoms with Crippen molar-refractivity contribution in [3.63, 3.8) is 0 Å². The lowest BCUT2D eigenvalue weighted by atomic mass is 10.2. The molecule has 0 aliphatic carbocycles. The van der Waals surface area contributed by atoms with Crippen molar-refractivity contribution in [3.8, 4) is 0 Å². The zero-order valence-corrected chi connectivity index (χ0v) is 8.85. The second-order valence-corrected chi connectivity index (χ2v) is 4.17. The first-order chi connectivity index (χ1) is 6.63. The molecule has 0 aromatic heterocycles. The average molecular weight is 215 g/mol. The van der Waals surface area contributed by atoms with Gasteiger partial charge in [-0.3, -0.25) is 0 Å². The van der Waals surface area contributed by atoms with Crippen LogP contribution in [-0.4, -0.2) is 23.5 Å². The Labute approximate surface area is 87.3 Å². The van der Waals surface area contributed by atoms with Crippen molar-refractivity contribution >= 4 is 11.8 Å². The SMILES string of the molecule is Cc1cc(F)ccc1SCC(O)CN. The Morgan fingerprint density at radius 3 is 2.86 bits per heavy atom. The topological polar surface area (TPSA) is 46.2 Å². The second-order valence-electron chi connectivity index (χ2n) is 3.11. The summed E-state index contributed by atoms with van der Waals surface area (Å²) in [4.78, 5) is 0.985. The quantitative estimate of drug-likeness (QED) is 0.749.